The molecule has 5 rings (SSSR count). The number of aryl methyl sites for hydroxylation is 1. The molecule has 0 saturated carbocycles. The van der Waals surface area contributed by atoms with Gasteiger partial charge in [-0.05, 0) is 30.5 Å². The molecule has 3 heterocycles. The number of nitrogens with zero attached hydrogens (tertiary/aromatic N) is 4. The molecule has 0 aliphatic heterocycles. The van der Waals surface area contributed by atoms with E-state index in [1.54, 1.807) is 6.33 Å². The van der Waals surface area contributed by atoms with Crippen LogP contribution < -0.4 is 5.32 Å². The van der Waals surface area contributed by atoms with Crippen molar-refractivity contribution < 1.29 is 0 Å². The Morgan fingerprint density at radius 2 is 1.86 bits per heavy atom. The number of nitrogens with one attached hydrogen (secondary N) is 2. The molecule has 3 aromatic heterocycles. The van der Waals surface area contributed by atoms with Gasteiger partial charge >= 0.3 is 0 Å². The maximum Gasteiger partial charge on any atom is 0.182 e. The number of aromatic nitrogens is 5. The Labute approximate surface area is 168 Å². The van der Waals surface area contributed by atoms with Crippen LogP contribution in [0.25, 0.3) is 33.3 Å². The monoisotopic (exact) mass is 380 g/mol. The summed E-state index contributed by atoms with van der Waals surface area (Å²) in [5, 5.41) is 4.57. The topological polar surface area (TPSA) is 79.4 Å². The normalized spacial score (nSPS) is 11.2. The van der Waals surface area contributed by atoms with Crippen molar-refractivity contribution in [3.63, 3.8) is 0 Å². The average Bonchev–Trinajstić information content (AvgIpc) is 3.24. The van der Waals surface area contributed by atoms with Gasteiger partial charge < -0.3 is 10.3 Å². The fourth-order valence-corrected chi connectivity index (χ4v) is 3.64. The molecule has 0 aliphatic carbocycles. The third-order valence-electron chi connectivity index (χ3n) is 5.08. The van der Waals surface area contributed by atoms with Crippen LogP contribution >= 0.6 is 0 Å². The maximum absolute atomic E-state index is 5.04. The summed E-state index contributed by atoms with van der Waals surface area (Å²) in [6, 6.07) is 18.9. The van der Waals surface area contributed by atoms with E-state index >= 15 is 0 Å². The number of pyridine rings is 1. The van der Waals surface area contributed by atoms with Crippen LogP contribution in [0.4, 0.5) is 5.82 Å². The van der Waals surface area contributed by atoms with Crippen molar-refractivity contribution in [3.8, 4) is 11.3 Å². The second-order valence-corrected chi connectivity index (χ2v) is 7.01. The number of rotatable bonds is 5. The molecule has 0 bridgehead atoms. The first-order chi connectivity index (χ1) is 14.3. The van der Waals surface area contributed by atoms with E-state index in [1.807, 2.05) is 6.07 Å². The minimum Gasteiger partial charge on any atom is -0.368 e. The predicted molar refractivity (Wildman–Crippen MR) is 116 cm³/mol. The quantitative estimate of drug-likeness (QED) is 0.468. The first kappa shape index (κ1) is 17.3. The number of fused-ring (bicyclic) bond motifs is 2. The number of imidazole rings is 1. The highest BCUT2D eigenvalue weighted by atomic mass is 15.1. The first-order valence-corrected chi connectivity index (χ1v) is 9.62. The van der Waals surface area contributed by atoms with Gasteiger partial charge in [-0.2, -0.15) is 0 Å². The summed E-state index contributed by atoms with van der Waals surface area (Å²) < 4.78 is 0. The van der Waals surface area contributed by atoms with E-state index in [4.69, 9.17) is 4.98 Å². The standard InChI is InChI=1S/C23H20N6/c1-15-6-5-9-17-12-18(20(29-19(15)17)16-7-3-2-4-8-16)10-11-24-22-21-23(26-13-25-21)28-14-27-22/h2-9,12-14H,10-11H2,1H3,(H2,24,25,26,27,28). The molecular formula is C23H20N6. The minimum absolute atomic E-state index is 0.662. The minimum atomic E-state index is 0.662. The zero-order valence-electron chi connectivity index (χ0n) is 16.1. The average molecular weight is 380 g/mol. The summed E-state index contributed by atoms with van der Waals surface area (Å²) >= 11 is 0. The molecule has 0 atom stereocenters. The Morgan fingerprint density at radius 1 is 0.966 bits per heavy atom. The van der Waals surface area contributed by atoms with Gasteiger partial charge in [-0.25, -0.2) is 19.9 Å². The number of anilines is 1. The van der Waals surface area contributed by atoms with E-state index in [0.717, 1.165) is 46.5 Å². The Morgan fingerprint density at radius 3 is 2.76 bits per heavy atom. The number of aromatic amines is 1. The van der Waals surface area contributed by atoms with Crippen molar-refractivity contribution in [2.75, 3.05) is 11.9 Å². The van der Waals surface area contributed by atoms with Crippen LogP contribution in [-0.4, -0.2) is 31.5 Å². The lowest BCUT2D eigenvalue weighted by atomic mass is 10.00. The Bertz CT molecular complexity index is 1290. The summed E-state index contributed by atoms with van der Waals surface area (Å²) in [5.41, 5.74) is 7.09. The molecule has 6 nitrogen and oxygen atoms in total. The number of benzene rings is 2. The smallest absolute Gasteiger partial charge is 0.182 e. The molecule has 0 radical (unpaired) electrons. The lowest BCUT2D eigenvalue weighted by Crippen LogP contribution is -2.08. The maximum atomic E-state index is 5.04. The van der Waals surface area contributed by atoms with Crippen molar-refractivity contribution in [1.82, 2.24) is 24.9 Å². The van der Waals surface area contributed by atoms with Crippen LogP contribution in [0.2, 0.25) is 0 Å². The van der Waals surface area contributed by atoms with E-state index in [0.29, 0.717) is 5.65 Å². The van der Waals surface area contributed by atoms with Crippen molar-refractivity contribution in [1.29, 1.82) is 0 Å². The fraction of sp³-hybridized carbons (Fsp3) is 0.130. The van der Waals surface area contributed by atoms with Gasteiger partial charge in [0.1, 0.15) is 11.8 Å². The summed E-state index contributed by atoms with van der Waals surface area (Å²) in [7, 11) is 0. The molecule has 2 aromatic carbocycles. The Balaban J connectivity index is 1.49. The van der Waals surface area contributed by atoms with Crippen LogP contribution in [-0.2, 0) is 6.42 Å². The van der Waals surface area contributed by atoms with Gasteiger partial charge in [0.2, 0.25) is 0 Å². The van der Waals surface area contributed by atoms with Crippen LogP contribution in [0.15, 0.2) is 67.3 Å². The van der Waals surface area contributed by atoms with Crippen molar-refractivity contribution in [2.24, 2.45) is 0 Å². The molecule has 6 heteroatoms. The SMILES string of the molecule is Cc1cccc2cc(CCNc3ncnc4nc[nH]c34)c(-c3ccccc3)nc12. The third kappa shape index (κ3) is 3.29. The Kier molecular flexibility index (Phi) is 4.37. The Hall–Kier alpha value is -3.80. The molecule has 142 valence electrons. The summed E-state index contributed by atoms with van der Waals surface area (Å²) in [6.45, 7) is 2.83. The lowest BCUT2D eigenvalue weighted by Gasteiger charge is -2.13. The van der Waals surface area contributed by atoms with Gasteiger partial charge in [-0.15, -0.1) is 0 Å². The van der Waals surface area contributed by atoms with E-state index in [2.05, 4.69) is 80.7 Å². The first-order valence-electron chi connectivity index (χ1n) is 9.62. The second-order valence-electron chi connectivity index (χ2n) is 7.01. The van der Waals surface area contributed by atoms with Crippen molar-refractivity contribution >= 4 is 27.9 Å². The largest absolute Gasteiger partial charge is 0.368 e. The molecule has 0 aliphatic rings. The fourth-order valence-electron chi connectivity index (χ4n) is 3.64. The molecule has 0 amide bonds. The molecule has 5 aromatic rings. The number of para-hydroxylation sites is 1. The number of hydrogen-bond acceptors (Lipinski definition) is 5. The van der Waals surface area contributed by atoms with Crippen LogP contribution in [0.5, 0.6) is 0 Å². The van der Waals surface area contributed by atoms with Gasteiger partial charge in [-0.3, -0.25) is 0 Å². The van der Waals surface area contributed by atoms with E-state index in [9.17, 15) is 0 Å². The summed E-state index contributed by atoms with van der Waals surface area (Å²) in [6.07, 6.45) is 3.98. The van der Waals surface area contributed by atoms with Gasteiger partial charge in [0.15, 0.2) is 11.5 Å². The van der Waals surface area contributed by atoms with Gasteiger partial charge in [-0.1, -0.05) is 48.5 Å². The lowest BCUT2D eigenvalue weighted by molar-refractivity contribution is 1.00. The van der Waals surface area contributed by atoms with Crippen LogP contribution in [0.3, 0.4) is 0 Å². The van der Waals surface area contributed by atoms with Gasteiger partial charge in [0.25, 0.3) is 0 Å². The number of H-pyrrole nitrogens is 1. The summed E-state index contributed by atoms with van der Waals surface area (Å²) in [4.78, 5) is 20.8. The molecule has 0 saturated heterocycles. The highest BCUT2D eigenvalue weighted by Gasteiger charge is 2.11. The van der Waals surface area contributed by atoms with Gasteiger partial charge in [0.05, 0.1) is 17.5 Å². The van der Waals surface area contributed by atoms with E-state index in [1.165, 1.54) is 17.5 Å². The molecular weight excluding hydrogens is 360 g/mol. The molecule has 0 spiro atoms. The second kappa shape index (κ2) is 7.31. The molecule has 29 heavy (non-hydrogen) atoms. The van der Waals surface area contributed by atoms with Crippen LogP contribution in [0, 0.1) is 6.92 Å². The van der Waals surface area contributed by atoms with Gasteiger partial charge in [0, 0.05) is 17.5 Å². The predicted octanol–water partition coefficient (Wildman–Crippen LogP) is 4.53. The highest BCUT2D eigenvalue weighted by Crippen LogP contribution is 2.27. The number of hydrogen-bond donors (Lipinski definition) is 2. The molecule has 2 N–H and O–H groups in total. The summed E-state index contributed by atoms with van der Waals surface area (Å²) in [5.74, 6) is 0.762. The zero-order chi connectivity index (χ0) is 19.6. The van der Waals surface area contributed by atoms with Crippen LogP contribution in [0.1, 0.15) is 11.1 Å². The third-order valence-corrected chi connectivity index (χ3v) is 5.08. The highest BCUT2D eigenvalue weighted by molar-refractivity contribution is 5.86. The van der Waals surface area contributed by atoms with E-state index < -0.39 is 0 Å². The molecule has 0 unspecified atom stereocenters. The zero-order valence-corrected chi connectivity index (χ0v) is 16.1. The van der Waals surface area contributed by atoms with E-state index in [-0.39, 0.29) is 0 Å². The van der Waals surface area contributed by atoms with Crippen molar-refractivity contribution in [3.05, 3.63) is 78.4 Å². The van der Waals surface area contributed by atoms with Crippen molar-refractivity contribution in [2.45, 2.75) is 13.3 Å². The molecule has 0 fully saturated rings.